The highest BCUT2D eigenvalue weighted by Gasteiger charge is 2.34. The van der Waals surface area contributed by atoms with E-state index < -0.39 is 17.8 Å². The van der Waals surface area contributed by atoms with Crippen LogP contribution in [0, 0.1) is 0 Å². The third kappa shape index (κ3) is 3.23. The van der Waals surface area contributed by atoms with Crippen molar-refractivity contribution < 1.29 is 18.0 Å². The molecule has 0 spiro atoms. The van der Waals surface area contributed by atoms with Crippen LogP contribution < -0.4 is 5.32 Å². The van der Waals surface area contributed by atoms with Crippen molar-refractivity contribution >= 4 is 45.6 Å². The molecule has 0 aliphatic heterocycles. The Kier molecular flexibility index (Phi) is 4.22. The maximum Gasteiger partial charge on any atom is 0.434 e. The minimum absolute atomic E-state index is 0.0271. The van der Waals surface area contributed by atoms with E-state index in [1.807, 2.05) is 0 Å². The number of hydrogen-bond acceptors (Lipinski definition) is 3. The van der Waals surface area contributed by atoms with Gasteiger partial charge in [-0.3, -0.25) is 10.1 Å². The third-order valence-electron chi connectivity index (χ3n) is 2.21. The molecule has 0 atom stereocenters. The van der Waals surface area contributed by atoms with Crippen molar-refractivity contribution in [2.45, 2.75) is 6.18 Å². The number of alkyl halides is 3. The number of nitrogens with one attached hydrogen (secondary N) is 1. The smallest absolute Gasteiger partial charge is 0.298 e. The number of aromatic nitrogens is 1. The van der Waals surface area contributed by atoms with Crippen LogP contribution in [0.1, 0.15) is 16.1 Å². The fraction of sp³-hybridized carbons (Fsp3) is 0.0909. The van der Waals surface area contributed by atoms with Gasteiger partial charge in [-0.05, 0) is 12.1 Å². The van der Waals surface area contributed by atoms with Gasteiger partial charge in [0.15, 0.2) is 10.8 Å². The minimum Gasteiger partial charge on any atom is -0.298 e. The molecule has 1 heterocycles. The zero-order valence-corrected chi connectivity index (χ0v) is 11.8. The number of carbonyl (C=O) groups excluding carboxylic acids is 1. The molecule has 1 aromatic heterocycles. The molecule has 9 heteroatoms. The number of anilines is 1. The average molecular weight is 341 g/mol. The second-order valence-electron chi connectivity index (χ2n) is 3.59. The maximum absolute atomic E-state index is 12.4. The molecular formula is C11H5Cl2F3N2OS. The molecule has 0 radical (unpaired) electrons. The van der Waals surface area contributed by atoms with Crippen LogP contribution in [0.15, 0.2) is 23.6 Å². The van der Waals surface area contributed by atoms with E-state index in [0.29, 0.717) is 11.3 Å². The number of amides is 1. The predicted molar refractivity (Wildman–Crippen MR) is 71.5 cm³/mol. The summed E-state index contributed by atoms with van der Waals surface area (Å²) in [4.78, 5) is 15.2. The van der Waals surface area contributed by atoms with Crippen LogP contribution in [-0.4, -0.2) is 10.9 Å². The summed E-state index contributed by atoms with van der Waals surface area (Å²) in [5.74, 6) is -0.680. The Morgan fingerprint density at radius 2 is 2.00 bits per heavy atom. The Labute approximate surface area is 125 Å². The van der Waals surface area contributed by atoms with E-state index >= 15 is 0 Å². The SMILES string of the molecule is O=C(Nc1nc(C(F)(F)F)cs1)c1cccc(Cl)c1Cl. The van der Waals surface area contributed by atoms with Crippen LogP contribution >= 0.6 is 34.5 Å². The first kappa shape index (κ1) is 15.1. The summed E-state index contributed by atoms with van der Waals surface area (Å²) in [5, 5.41) is 3.09. The van der Waals surface area contributed by atoms with E-state index in [1.165, 1.54) is 18.2 Å². The predicted octanol–water partition coefficient (Wildman–Crippen LogP) is 4.72. The number of rotatable bonds is 2. The lowest BCUT2D eigenvalue weighted by Gasteiger charge is -2.05. The summed E-state index contributed by atoms with van der Waals surface area (Å²) in [6.45, 7) is 0. The largest absolute Gasteiger partial charge is 0.434 e. The fourth-order valence-corrected chi connectivity index (χ4v) is 2.40. The molecule has 1 amide bonds. The lowest BCUT2D eigenvalue weighted by molar-refractivity contribution is -0.140. The van der Waals surface area contributed by atoms with E-state index in [-0.39, 0.29) is 20.7 Å². The van der Waals surface area contributed by atoms with Gasteiger partial charge in [0.25, 0.3) is 5.91 Å². The van der Waals surface area contributed by atoms with Gasteiger partial charge in [-0.25, -0.2) is 4.98 Å². The van der Waals surface area contributed by atoms with Crippen LogP contribution in [0.2, 0.25) is 10.0 Å². The quantitative estimate of drug-likeness (QED) is 0.859. The van der Waals surface area contributed by atoms with Gasteiger partial charge < -0.3 is 0 Å². The van der Waals surface area contributed by atoms with Gasteiger partial charge >= 0.3 is 6.18 Å². The molecule has 0 aliphatic carbocycles. The Balaban J connectivity index is 2.20. The normalized spacial score (nSPS) is 11.4. The highest BCUT2D eigenvalue weighted by atomic mass is 35.5. The Hall–Kier alpha value is -1.31. The lowest BCUT2D eigenvalue weighted by atomic mass is 10.2. The molecule has 0 unspecified atom stereocenters. The Morgan fingerprint density at radius 3 is 2.60 bits per heavy atom. The first-order valence-corrected chi connectivity index (χ1v) is 6.70. The standard InChI is InChI=1S/C11H5Cl2F3N2OS/c12-6-3-1-2-5(8(6)13)9(19)18-10-17-7(4-20-10)11(14,15)16/h1-4H,(H,17,18,19). The second-order valence-corrected chi connectivity index (χ2v) is 5.23. The maximum atomic E-state index is 12.4. The second kappa shape index (κ2) is 5.59. The van der Waals surface area contributed by atoms with Gasteiger partial charge in [0.2, 0.25) is 0 Å². The van der Waals surface area contributed by atoms with Crippen molar-refractivity contribution in [3.63, 3.8) is 0 Å². The molecule has 3 nitrogen and oxygen atoms in total. The van der Waals surface area contributed by atoms with Gasteiger partial charge in [0.05, 0.1) is 15.6 Å². The van der Waals surface area contributed by atoms with E-state index in [2.05, 4.69) is 10.3 Å². The lowest BCUT2D eigenvalue weighted by Crippen LogP contribution is -2.13. The summed E-state index contributed by atoms with van der Waals surface area (Å²) in [6, 6.07) is 4.40. The summed E-state index contributed by atoms with van der Waals surface area (Å²) in [6.07, 6.45) is -4.55. The van der Waals surface area contributed by atoms with Crippen LogP contribution in [0.4, 0.5) is 18.3 Å². The molecule has 2 rings (SSSR count). The molecule has 0 bridgehead atoms. The van der Waals surface area contributed by atoms with Crippen LogP contribution in [0.3, 0.4) is 0 Å². The van der Waals surface area contributed by atoms with Crippen molar-refractivity contribution in [1.29, 1.82) is 0 Å². The van der Waals surface area contributed by atoms with Crippen molar-refractivity contribution in [3.05, 3.63) is 44.9 Å². The Bertz CT molecular complexity index is 657. The average Bonchev–Trinajstić information content (AvgIpc) is 2.81. The Morgan fingerprint density at radius 1 is 1.30 bits per heavy atom. The topological polar surface area (TPSA) is 42.0 Å². The van der Waals surface area contributed by atoms with E-state index in [4.69, 9.17) is 23.2 Å². The van der Waals surface area contributed by atoms with Crippen molar-refractivity contribution in [1.82, 2.24) is 4.98 Å². The molecular weight excluding hydrogens is 336 g/mol. The first-order chi connectivity index (χ1) is 9.29. The third-order valence-corrected chi connectivity index (χ3v) is 3.79. The highest BCUT2D eigenvalue weighted by Crippen LogP contribution is 2.32. The molecule has 20 heavy (non-hydrogen) atoms. The van der Waals surface area contributed by atoms with E-state index in [9.17, 15) is 18.0 Å². The van der Waals surface area contributed by atoms with Crippen molar-refractivity contribution in [3.8, 4) is 0 Å². The van der Waals surface area contributed by atoms with Gasteiger partial charge in [-0.15, -0.1) is 11.3 Å². The van der Waals surface area contributed by atoms with Gasteiger partial charge in [0, 0.05) is 5.38 Å². The van der Waals surface area contributed by atoms with Crippen LogP contribution in [0.25, 0.3) is 0 Å². The molecule has 0 saturated heterocycles. The first-order valence-electron chi connectivity index (χ1n) is 5.07. The van der Waals surface area contributed by atoms with Gasteiger partial charge in [0.1, 0.15) is 0 Å². The molecule has 1 N–H and O–H groups in total. The fourth-order valence-electron chi connectivity index (χ4n) is 1.30. The monoisotopic (exact) mass is 340 g/mol. The molecule has 0 fully saturated rings. The zero-order valence-electron chi connectivity index (χ0n) is 9.46. The number of nitrogens with zero attached hydrogens (tertiary/aromatic N) is 1. The zero-order chi connectivity index (χ0) is 14.9. The summed E-state index contributed by atoms with van der Waals surface area (Å²) in [7, 11) is 0. The number of halogens is 5. The number of thiazole rings is 1. The number of benzene rings is 1. The minimum atomic E-state index is -4.55. The summed E-state index contributed by atoms with van der Waals surface area (Å²) >= 11 is 12.3. The molecule has 0 aliphatic rings. The van der Waals surface area contributed by atoms with Crippen molar-refractivity contribution in [2.24, 2.45) is 0 Å². The van der Waals surface area contributed by atoms with Gasteiger partial charge in [-0.2, -0.15) is 13.2 Å². The van der Waals surface area contributed by atoms with E-state index in [0.717, 1.165) is 5.38 Å². The molecule has 1 aromatic carbocycles. The number of hydrogen-bond donors (Lipinski definition) is 1. The van der Waals surface area contributed by atoms with E-state index in [1.54, 1.807) is 0 Å². The van der Waals surface area contributed by atoms with Crippen LogP contribution in [0.5, 0.6) is 0 Å². The number of carbonyl (C=O) groups is 1. The van der Waals surface area contributed by atoms with Crippen LogP contribution in [-0.2, 0) is 6.18 Å². The van der Waals surface area contributed by atoms with Crippen molar-refractivity contribution in [2.75, 3.05) is 5.32 Å². The molecule has 2 aromatic rings. The summed E-state index contributed by atoms with van der Waals surface area (Å²) in [5.41, 5.74) is -1.00. The highest BCUT2D eigenvalue weighted by molar-refractivity contribution is 7.14. The molecule has 0 saturated carbocycles. The summed E-state index contributed by atoms with van der Waals surface area (Å²) < 4.78 is 37.1. The molecule has 106 valence electrons. The van der Waals surface area contributed by atoms with Gasteiger partial charge in [-0.1, -0.05) is 29.3 Å².